The summed E-state index contributed by atoms with van der Waals surface area (Å²) in [5.41, 5.74) is 0. The second-order valence-corrected chi connectivity index (χ2v) is 2.84. The van der Waals surface area contributed by atoms with Crippen LogP contribution in [0.5, 0.6) is 0 Å². The Hall–Kier alpha value is 1.60. The number of aliphatic hydroxyl groups excluding tert-OH is 1. The molecule has 1 N–H and O–H groups in total. The van der Waals surface area contributed by atoms with Crippen molar-refractivity contribution in [1.82, 2.24) is 0 Å². The number of hydrogen-bond acceptors (Lipinski definition) is 1. The van der Waals surface area contributed by atoms with Gasteiger partial charge >= 0.3 is 51.4 Å². The van der Waals surface area contributed by atoms with Crippen LogP contribution in [0, 0.1) is 0 Å². The molecule has 0 heterocycles. The fourth-order valence-electron chi connectivity index (χ4n) is 1.07. The van der Waals surface area contributed by atoms with Crippen molar-refractivity contribution in [2.24, 2.45) is 0 Å². The molecule has 0 aliphatic carbocycles. The number of aliphatic hydroxyl groups is 1. The Bertz CT molecular complexity index is 49.5. The summed E-state index contributed by atoms with van der Waals surface area (Å²) in [6, 6.07) is 0. The second-order valence-electron chi connectivity index (χ2n) is 2.84. The van der Waals surface area contributed by atoms with E-state index in [2.05, 4.69) is 6.92 Å². The molecule has 64 valence electrons. The van der Waals surface area contributed by atoms with Crippen LogP contribution >= 0.6 is 0 Å². The molecule has 2 heteroatoms. The van der Waals surface area contributed by atoms with Crippen molar-refractivity contribution in [3.63, 3.8) is 0 Å². The van der Waals surface area contributed by atoms with Crippen molar-refractivity contribution >= 4 is 51.4 Å². The van der Waals surface area contributed by atoms with Gasteiger partial charge in [-0.1, -0.05) is 45.4 Å². The fourth-order valence-corrected chi connectivity index (χ4v) is 1.07. The first-order valence-corrected chi connectivity index (χ1v) is 4.52. The minimum atomic E-state index is 0. The average Bonchev–Trinajstić information content (AvgIpc) is 1.97. The molecule has 0 aromatic carbocycles. The van der Waals surface area contributed by atoms with Crippen molar-refractivity contribution in [3.8, 4) is 0 Å². The number of unbranched alkanes of at least 4 members (excludes halogenated alkanes) is 6. The first-order chi connectivity index (χ1) is 4.91. The van der Waals surface area contributed by atoms with Crippen molar-refractivity contribution in [2.45, 2.75) is 51.9 Å². The van der Waals surface area contributed by atoms with Crippen LogP contribution in [0.2, 0.25) is 0 Å². The van der Waals surface area contributed by atoms with Crippen molar-refractivity contribution in [2.75, 3.05) is 6.61 Å². The van der Waals surface area contributed by atoms with Gasteiger partial charge in [0.25, 0.3) is 0 Å². The summed E-state index contributed by atoms with van der Waals surface area (Å²) < 4.78 is 0. The van der Waals surface area contributed by atoms with Gasteiger partial charge in [-0.2, -0.15) is 0 Å². The van der Waals surface area contributed by atoms with Crippen LogP contribution in [0.3, 0.4) is 0 Å². The zero-order valence-corrected chi connectivity index (χ0v) is 7.10. The SMILES string of the molecule is CCCCCCCCCO.[KH]. The van der Waals surface area contributed by atoms with Crippen molar-refractivity contribution in [3.05, 3.63) is 0 Å². The zero-order valence-electron chi connectivity index (χ0n) is 7.10. The monoisotopic (exact) mass is 184 g/mol. The molecule has 0 aliphatic rings. The summed E-state index contributed by atoms with van der Waals surface area (Å²) in [4.78, 5) is 0. The third-order valence-corrected chi connectivity index (χ3v) is 1.76. The normalized spacial score (nSPS) is 9.27. The van der Waals surface area contributed by atoms with Gasteiger partial charge in [0.05, 0.1) is 0 Å². The van der Waals surface area contributed by atoms with Crippen LogP contribution in [0.1, 0.15) is 51.9 Å². The van der Waals surface area contributed by atoms with E-state index >= 15 is 0 Å². The summed E-state index contributed by atoms with van der Waals surface area (Å²) in [6.45, 7) is 2.60. The van der Waals surface area contributed by atoms with Gasteiger partial charge in [-0.15, -0.1) is 0 Å². The predicted molar refractivity (Wildman–Crippen MR) is 52.2 cm³/mol. The van der Waals surface area contributed by atoms with E-state index < -0.39 is 0 Å². The third-order valence-electron chi connectivity index (χ3n) is 1.76. The Kier molecular flexibility index (Phi) is 19.4. The Labute approximate surface area is 113 Å². The molecule has 0 rings (SSSR count). The summed E-state index contributed by atoms with van der Waals surface area (Å²) >= 11 is 0. The Morgan fingerprint density at radius 3 is 1.73 bits per heavy atom. The van der Waals surface area contributed by atoms with E-state index in [-0.39, 0.29) is 51.4 Å². The standard InChI is InChI=1S/C9H20O.K.H/c1-2-3-4-5-6-7-8-9-10;;/h10H,2-9H2,1H3;;. The van der Waals surface area contributed by atoms with Gasteiger partial charge in [-0.25, -0.2) is 0 Å². The molecule has 0 amide bonds. The summed E-state index contributed by atoms with van der Waals surface area (Å²) in [7, 11) is 0. The molecule has 0 saturated carbocycles. The molecular weight excluding hydrogens is 163 g/mol. The topological polar surface area (TPSA) is 20.2 Å². The van der Waals surface area contributed by atoms with E-state index in [9.17, 15) is 0 Å². The zero-order chi connectivity index (χ0) is 7.66. The first-order valence-electron chi connectivity index (χ1n) is 4.52. The van der Waals surface area contributed by atoms with Crippen molar-refractivity contribution in [1.29, 1.82) is 0 Å². The molecule has 11 heavy (non-hydrogen) atoms. The molecule has 0 bridgehead atoms. The molecule has 0 aliphatic heterocycles. The molecular formula is C9H21KO. The second kappa shape index (κ2) is 14.1. The molecule has 0 saturated heterocycles. The van der Waals surface area contributed by atoms with Gasteiger partial charge in [0.1, 0.15) is 0 Å². The molecule has 0 unspecified atom stereocenters. The van der Waals surface area contributed by atoms with Crippen LogP contribution < -0.4 is 0 Å². The predicted octanol–water partition coefficient (Wildman–Crippen LogP) is 2.08. The van der Waals surface area contributed by atoms with Gasteiger partial charge in [0, 0.05) is 6.61 Å². The van der Waals surface area contributed by atoms with E-state index in [0.29, 0.717) is 6.61 Å². The summed E-state index contributed by atoms with van der Waals surface area (Å²) in [5.74, 6) is 0. The van der Waals surface area contributed by atoms with Crippen LogP contribution in [0.25, 0.3) is 0 Å². The molecule has 0 fully saturated rings. The maximum atomic E-state index is 8.47. The number of hydrogen-bond donors (Lipinski definition) is 1. The quantitative estimate of drug-likeness (QED) is 0.474. The summed E-state index contributed by atoms with van der Waals surface area (Å²) in [6.07, 6.45) is 8.93. The van der Waals surface area contributed by atoms with Crippen LogP contribution in [-0.2, 0) is 0 Å². The maximum absolute atomic E-state index is 8.47. The molecule has 0 atom stereocenters. The third kappa shape index (κ3) is 14.5. The van der Waals surface area contributed by atoms with Gasteiger partial charge in [-0.3, -0.25) is 0 Å². The molecule has 0 aromatic rings. The average molecular weight is 184 g/mol. The van der Waals surface area contributed by atoms with E-state index in [4.69, 9.17) is 5.11 Å². The van der Waals surface area contributed by atoms with Gasteiger partial charge in [0.15, 0.2) is 0 Å². The number of rotatable bonds is 7. The fraction of sp³-hybridized carbons (Fsp3) is 1.00. The Morgan fingerprint density at radius 2 is 1.27 bits per heavy atom. The van der Waals surface area contributed by atoms with E-state index in [1.807, 2.05) is 0 Å². The molecule has 0 spiro atoms. The van der Waals surface area contributed by atoms with Gasteiger partial charge < -0.3 is 5.11 Å². The van der Waals surface area contributed by atoms with E-state index in [0.717, 1.165) is 6.42 Å². The van der Waals surface area contributed by atoms with Crippen LogP contribution in [0.15, 0.2) is 0 Å². The van der Waals surface area contributed by atoms with Gasteiger partial charge in [0.2, 0.25) is 0 Å². The molecule has 0 aromatic heterocycles. The van der Waals surface area contributed by atoms with Crippen LogP contribution in [-0.4, -0.2) is 63.1 Å². The molecule has 0 radical (unpaired) electrons. The van der Waals surface area contributed by atoms with Crippen molar-refractivity contribution < 1.29 is 5.11 Å². The Balaban J connectivity index is 0. The molecule has 1 nitrogen and oxygen atoms in total. The van der Waals surface area contributed by atoms with Crippen LogP contribution in [0.4, 0.5) is 0 Å². The first kappa shape index (κ1) is 15.1. The van der Waals surface area contributed by atoms with E-state index in [1.165, 1.54) is 38.5 Å². The van der Waals surface area contributed by atoms with E-state index in [1.54, 1.807) is 0 Å². The Morgan fingerprint density at radius 1 is 0.818 bits per heavy atom. The van der Waals surface area contributed by atoms with Gasteiger partial charge in [-0.05, 0) is 6.42 Å². The summed E-state index contributed by atoms with van der Waals surface area (Å²) in [5, 5.41) is 8.47. The minimum absolute atomic E-state index is 0.